The number of imidazole rings is 1. The lowest BCUT2D eigenvalue weighted by Crippen LogP contribution is -2.32. The molecule has 5 nitrogen and oxygen atoms in total. The fourth-order valence-electron chi connectivity index (χ4n) is 2.57. The highest BCUT2D eigenvalue weighted by Gasteiger charge is 2.18. The van der Waals surface area contributed by atoms with Gasteiger partial charge >= 0.3 is 6.09 Å². The molecule has 0 radical (unpaired) electrons. The molecule has 3 rings (SSSR count). The van der Waals surface area contributed by atoms with Gasteiger partial charge in [-0.3, -0.25) is 4.57 Å². The third kappa shape index (κ3) is 5.02. The topological polar surface area (TPSA) is 56.1 Å². The molecule has 0 bridgehead atoms. The highest BCUT2D eigenvalue weighted by molar-refractivity contribution is 6.35. The van der Waals surface area contributed by atoms with Crippen molar-refractivity contribution in [1.82, 2.24) is 14.9 Å². The molecule has 0 aliphatic heterocycles. The van der Waals surface area contributed by atoms with E-state index in [1.165, 1.54) is 0 Å². The van der Waals surface area contributed by atoms with Crippen LogP contribution in [0.4, 0.5) is 4.79 Å². The largest absolute Gasteiger partial charge is 0.444 e. The summed E-state index contributed by atoms with van der Waals surface area (Å²) in [5.74, 6) is 0.681. The predicted molar refractivity (Wildman–Crippen MR) is 109 cm³/mol. The minimum absolute atomic E-state index is 0.231. The lowest BCUT2D eigenvalue weighted by molar-refractivity contribution is 0.0522. The number of ether oxygens (including phenoxy) is 1. The maximum absolute atomic E-state index is 12.0. The van der Waals surface area contributed by atoms with Crippen LogP contribution in [0, 0.1) is 12.8 Å². The second kappa shape index (κ2) is 8.61. The number of hydrogen-bond acceptors (Lipinski definition) is 3. The summed E-state index contributed by atoms with van der Waals surface area (Å²) in [6.07, 6.45) is 7.52. The van der Waals surface area contributed by atoms with Gasteiger partial charge in [0.2, 0.25) is 0 Å². The lowest BCUT2D eigenvalue weighted by Gasteiger charge is -2.19. The quantitative estimate of drug-likeness (QED) is 0.651. The summed E-state index contributed by atoms with van der Waals surface area (Å²) in [7, 11) is 0. The smallest absolute Gasteiger partial charge is 0.408 e. The number of fused-ring (bicyclic) bond motifs is 1. The van der Waals surface area contributed by atoms with E-state index in [0.29, 0.717) is 10.8 Å². The van der Waals surface area contributed by atoms with Gasteiger partial charge in [0.15, 0.2) is 0 Å². The van der Waals surface area contributed by atoms with Gasteiger partial charge in [0.05, 0.1) is 22.6 Å². The summed E-state index contributed by atoms with van der Waals surface area (Å²) in [5, 5.41) is 3.37. The Balaban J connectivity index is 0.00000126. The van der Waals surface area contributed by atoms with Crippen molar-refractivity contribution in [3.63, 3.8) is 0 Å². The molecule has 0 aliphatic rings. The number of nitrogens with one attached hydrogen (secondary N) is 1. The van der Waals surface area contributed by atoms with Crippen LogP contribution in [0.25, 0.3) is 16.7 Å². The van der Waals surface area contributed by atoms with Crippen LogP contribution in [-0.4, -0.2) is 21.2 Å². The zero-order chi connectivity index (χ0) is 20.0. The van der Waals surface area contributed by atoms with Gasteiger partial charge in [-0.2, -0.15) is 0 Å². The standard InChI is InChI=1S/C19H20ClN3O2.C2H2/c1-19(2,3)25-18(24)21-12-16-22-15-11-7-10-14(20)17(15)23(16)13-8-5-4-6-9-13;1-2/h4-11H,12H2,1-3H3,(H,21,24);1-2H. The Morgan fingerprint density at radius 2 is 1.81 bits per heavy atom. The first-order chi connectivity index (χ1) is 12.8. The van der Waals surface area contributed by atoms with Gasteiger partial charge in [0, 0.05) is 5.69 Å². The van der Waals surface area contributed by atoms with Gasteiger partial charge in [-0.15, -0.1) is 12.8 Å². The Kier molecular flexibility index (Phi) is 6.49. The molecular formula is C21H22ClN3O2. The van der Waals surface area contributed by atoms with Gasteiger partial charge in [-0.1, -0.05) is 35.9 Å². The molecule has 0 saturated carbocycles. The summed E-state index contributed by atoms with van der Waals surface area (Å²) >= 11 is 6.40. The van der Waals surface area contributed by atoms with E-state index in [1.54, 1.807) is 0 Å². The second-order valence-corrected chi connectivity index (χ2v) is 7.07. The first-order valence-corrected chi connectivity index (χ1v) is 8.74. The maximum Gasteiger partial charge on any atom is 0.408 e. The van der Waals surface area contributed by atoms with E-state index in [9.17, 15) is 4.79 Å². The van der Waals surface area contributed by atoms with E-state index in [-0.39, 0.29) is 6.54 Å². The monoisotopic (exact) mass is 383 g/mol. The van der Waals surface area contributed by atoms with Crippen LogP contribution in [0.2, 0.25) is 5.02 Å². The van der Waals surface area contributed by atoms with Crippen molar-refractivity contribution in [2.45, 2.75) is 32.9 Å². The summed E-state index contributed by atoms with van der Waals surface area (Å²) < 4.78 is 7.24. The first kappa shape index (κ1) is 20.3. The average molecular weight is 384 g/mol. The molecule has 0 fully saturated rings. The van der Waals surface area contributed by atoms with Crippen molar-refractivity contribution < 1.29 is 9.53 Å². The molecule has 27 heavy (non-hydrogen) atoms. The van der Waals surface area contributed by atoms with Crippen LogP contribution < -0.4 is 5.32 Å². The number of terminal acetylenes is 1. The van der Waals surface area contributed by atoms with Gasteiger partial charge in [0.25, 0.3) is 0 Å². The van der Waals surface area contributed by atoms with Gasteiger partial charge < -0.3 is 10.1 Å². The van der Waals surface area contributed by atoms with Crippen molar-refractivity contribution >= 4 is 28.7 Å². The van der Waals surface area contributed by atoms with Crippen LogP contribution in [0.3, 0.4) is 0 Å². The molecular weight excluding hydrogens is 362 g/mol. The first-order valence-electron chi connectivity index (χ1n) is 8.36. The summed E-state index contributed by atoms with van der Waals surface area (Å²) in [4.78, 5) is 16.6. The third-order valence-corrected chi connectivity index (χ3v) is 3.81. The van der Waals surface area contributed by atoms with Crippen molar-refractivity contribution in [1.29, 1.82) is 0 Å². The van der Waals surface area contributed by atoms with Gasteiger partial charge in [-0.05, 0) is 45.0 Å². The van der Waals surface area contributed by atoms with Crippen molar-refractivity contribution in [3.8, 4) is 18.5 Å². The van der Waals surface area contributed by atoms with E-state index in [0.717, 1.165) is 16.7 Å². The number of aromatic nitrogens is 2. The maximum atomic E-state index is 12.0. The minimum Gasteiger partial charge on any atom is -0.444 e. The molecule has 1 amide bonds. The van der Waals surface area contributed by atoms with Crippen molar-refractivity contribution in [3.05, 3.63) is 59.4 Å². The number of para-hydroxylation sites is 2. The summed E-state index contributed by atoms with van der Waals surface area (Å²) in [6, 6.07) is 15.4. The Hall–Kier alpha value is -2.97. The number of carbonyl (C=O) groups excluding carboxylic acids is 1. The van der Waals surface area contributed by atoms with Crippen molar-refractivity contribution in [2.75, 3.05) is 0 Å². The molecule has 6 heteroatoms. The van der Waals surface area contributed by atoms with Gasteiger partial charge in [0.1, 0.15) is 11.4 Å². The van der Waals surface area contributed by atoms with E-state index in [2.05, 4.69) is 23.1 Å². The second-order valence-electron chi connectivity index (χ2n) is 6.66. The number of carbonyl (C=O) groups is 1. The third-order valence-electron chi connectivity index (χ3n) is 3.50. The normalized spacial score (nSPS) is 10.7. The van der Waals surface area contributed by atoms with Crippen LogP contribution in [0.1, 0.15) is 26.6 Å². The van der Waals surface area contributed by atoms with E-state index >= 15 is 0 Å². The Morgan fingerprint density at radius 3 is 2.44 bits per heavy atom. The van der Waals surface area contributed by atoms with E-state index in [4.69, 9.17) is 16.3 Å². The van der Waals surface area contributed by atoms with Crippen LogP contribution >= 0.6 is 11.6 Å². The molecule has 1 N–H and O–H groups in total. The molecule has 0 aliphatic carbocycles. The fraction of sp³-hybridized carbons (Fsp3) is 0.238. The van der Waals surface area contributed by atoms with Crippen molar-refractivity contribution in [2.24, 2.45) is 0 Å². The van der Waals surface area contributed by atoms with E-state index < -0.39 is 11.7 Å². The molecule has 3 aromatic rings. The molecule has 2 aromatic carbocycles. The Labute approximate surface area is 164 Å². The highest BCUT2D eigenvalue weighted by atomic mass is 35.5. The Morgan fingerprint density at radius 1 is 1.15 bits per heavy atom. The molecule has 1 aromatic heterocycles. The molecule has 0 saturated heterocycles. The lowest BCUT2D eigenvalue weighted by atomic mass is 10.2. The number of rotatable bonds is 3. The van der Waals surface area contributed by atoms with Gasteiger partial charge in [-0.25, -0.2) is 9.78 Å². The number of amides is 1. The van der Waals surface area contributed by atoms with E-state index in [1.807, 2.05) is 73.9 Å². The highest BCUT2D eigenvalue weighted by Crippen LogP contribution is 2.27. The van der Waals surface area contributed by atoms with Crippen LogP contribution in [-0.2, 0) is 11.3 Å². The molecule has 1 heterocycles. The fourth-order valence-corrected chi connectivity index (χ4v) is 2.83. The Bertz CT molecular complexity index is 940. The molecule has 140 valence electrons. The zero-order valence-electron chi connectivity index (χ0n) is 15.6. The average Bonchev–Trinajstić information content (AvgIpc) is 3.01. The molecule has 0 spiro atoms. The molecule has 0 atom stereocenters. The number of alkyl carbamates (subject to hydrolysis) is 1. The molecule has 0 unspecified atom stereocenters. The number of benzene rings is 2. The summed E-state index contributed by atoms with van der Waals surface area (Å²) in [5.41, 5.74) is 1.97. The summed E-state index contributed by atoms with van der Waals surface area (Å²) in [6.45, 7) is 5.71. The zero-order valence-corrected chi connectivity index (χ0v) is 16.3. The number of nitrogens with zero attached hydrogens (tertiary/aromatic N) is 2. The van der Waals surface area contributed by atoms with Crippen LogP contribution in [0.15, 0.2) is 48.5 Å². The SMILES string of the molecule is C#C.CC(C)(C)OC(=O)NCc1nc2cccc(Cl)c2n1-c1ccccc1. The predicted octanol–water partition coefficient (Wildman–Crippen LogP) is 4.95. The minimum atomic E-state index is -0.549. The number of halogens is 1. The number of hydrogen-bond donors (Lipinski definition) is 1. The van der Waals surface area contributed by atoms with Crippen LogP contribution in [0.5, 0.6) is 0 Å².